The molecule has 256 valence electrons. The highest BCUT2D eigenvalue weighted by molar-refractivity contribution is 6.09. The normalized spacial score (nSPS) is 11.8. The van der Waals surface area contributed by atoms with Crippen LogP contribution < -0.4 is 14.5 Å². The van der Waals surface area contributed by atoms with Crippen molar-refractivity contribution in [1.82, 2.24) is 4.57 Å². The van der Waals surface area contributed by atoms with E-state index in [1.54, 1.807) is 0 Å². The Morgan fingerprint density at radius 2 is 0.870 bits per heavy atom. The van der Waals surface area contributed by atoms with Crippen LogP contribution in [0.15, 0.2) is 212 Å². The lowest BCUT2D eigenvalue weighted by molar-refractivity contribution is 0.481. The summed E-state index contributed by atoms with van der Waals surface area (Å²) >= 11 is 0. The van der Waals surface area contributed by atoms with E-state index in [0.717, 1.165) is 62.3 Å². The summed E-state index contributed by atoms with van der Waals surface area (Å²) in [6, 6.07) is 74.8. The van der Waals surface area contributed by atoms with Crippen molar-refractivity contribution >= 4 is 45.2 Å². The topological polar surface area (TPSA) is 20.6 Å². The number of hydrogen-bond acceptors (Lipinski definition) is 3. The van der Waals surface area contributed by atoms with E-state index < -0.39 is 0 Å². The molecule has 1 aromatic heterocycles. The zero-order valence-corrected chi connectivity index (χ0v) is 29.5. The molecule has 0 saturated heterocycles. The quantitative estimate of drug-likeness (QED) is 0.166. The van der Waals surface area contributed by atoms with Crippen molar-refractivity contribution < 1.29 is 4.74 Å². The van der Waals surface area contributed by atoms with Crippen molar-refractivity contribution in [2.45, 2.75) is 0 Å². The Labute approximate surface area is 315 Å². The Morgan fingerprint density at radius 3 is 1.44 bits per heavy atom. The van der Waals surface area contributed by atoms with Crippen molar-refractivity contribution in [3.8, 4) is 39.4 Å². The summed E-state index contributed by atoms with van der Waals surface area (Å²) in [7, 11) is 0. The molecule has 8 aromatic carbocycles. The Kier molecular flexibility index (Phi) is 7.77. The highest BCUT2D eigenvalue weighted by Gasteiger charge is 2.35. The van der Waals surface area contributed by atoms with Crippen LogP contribution in [0.3, 0.4) is 0 Å². The largest absolute Gasteiger partial charge is 0.450 e. The standard InChI is InChI=1S/C50H35N3O/c1-5-16-36(17-6-1)38-28-32-42(33-29-38)51(43-34-30-39(31-35-43)37-18-7-2-8-19-37)45-25-15-26-46-48(45)49-50(53(46)41-22-11-4-12-23-41)52(40-20-9-3-10-21-40)44-24-13-14-27-47(44)54-49/h1-35H. The molecule has 4 heteroatoms. The van der Waals surface area contributed by atoms with Crippen LogP contribution in [0.25, 0.3) is 38.8 Å². The van der Waals surface area contributed by atoms with Crippen LogP contribution in [0.5, 0.6) is 11.5 Å². The summed E-state index contributed by atoms with van der Waals surface area (Å²) in [6.45, 7) is 0. The van der Waals surface area contributed by atoms with Crippen LogP contribution in [-0.4, -0.2) is 4.57 Å². The SMILES string of the molecule is c1ccc(-c2ccc(N(c3ccc(-c4ccccc4)cc3)c3cccc4c3c3c(n4-c4ccccc4)N(c4ccccc4)c4ccccc4O3)cc2)cc1. The highest BCUT2D eigenvalue weighted by atomic mass is 16.5. The Hall–Kier alpha value is -7.30. The van der Waals surface area contributed by atoms with Gasteiger partial charge in [-0.05, 0) is 95.1 Å². The van der Waals surface area contributed by atoms with Gasteiger partial charge in [0.05, 0.1) is 22.3 Å². The van der Waals surface area contributed by atoms with Crippen LogP contribution in [-0.2, 0) is 0 Å². The second-order valence-electron chi connectivity index (χ2n) is 13.4. The number of aromatic nitrogens is 1. The van der Waals surface area contributed by atoms with Crippen LogP contribution in [0.4, 0.5) is 34.3 Å². The molecule has 54 heavy (non-hydrogen) atoms. The minimum absolute atomic E-state index is 0.804. The zero-order valence-electron chi connectivity index (χ0n) is 29.5. The van der Waals surface area contributed by atoms with Crippen molar-refractivity contribution in [2.24, 2.45) is 0 Å². The number of nitrogens with zero attached hydrogens (tertiary/aromatic N) is 3. The number of ether oxygens (including phenoxy) is 1. The molecule has 0 saturated carbocycles. The van der Waals surface area contributed by atoms with E-state index in [-0.39, 0.29) is 0 Å². The first-order valence-electron chi connectivity index (χ1n) is 18.3. The van der Waals surface area contributed by atoms with E-state index in [2.05, 4.69) is 221 Å². The third kappa shape index (κ3) is 5.40. The Bertz CT molecular complexity index is 2620. The summed E-state index contributed by atoms with van der Waals surface area (Å²) in [5.74, 6) is 2.56. The molecule has 0 unspecified atom stereocenters. The van der Waals surface area contributed by atoms with Crippen molar-refractivity contribution in [3.63, 3.8) is 0 Å². The van der Waals surface area contributed by atoms with E-state index in [1.807, 2.05) is 6.07 Å². The highest BCUT2D eigenvalue weighted by Crippen LogP contribution is 2.57. The first-order chi connectivity index (χ1) is 26.8. The molecule has 4 nitrogen and oxygen atoms in total. The fourth-order valence-electron chi connectivity index (χ4n) is 7.68. The smallest absolute Gasteiger partial charge is 0.180 e. The Balaban J connectivity index is 1.24. The molecule has 1 aliphatic heterocycles. The lowest BCUT2D eigenvalue weighted by atomic mass is 10.0. The minimum atomic E-state index is 0.804. The predicted molar refractivity (Wildman–Crippen MR) is 224 cm³/mol. The fourth-order valence-corrected chi connectivity index (χ4v) is 7.68. The second-order valence-corrected chi connectivity index (χ2v) is 13.4. The maximum Gasteiger partial charge on any atom is 0.180 e. The summed E-state index contributed by atoms with van der Waals surface area (Å²) < 4.78 is 9.41. The number of hydrogen-bond donors (Lipinski definition) is 0. The third-order valence-corrected chi connectivity index (χ3v) is 10.2. The van der Waals surface area contributed by atoms with Crippen LogP contribution in [0, 0.1) is 0 Å². The number of benzene rings is 8. The predicted octanol–water partition coefficient (Wildman–Crippen LogP) is 14.0. The second kappa shape index (κ2) is 13.4. The van der Waals surface area contributed by atoms with Gasteiger partial charge in [0.15, 0.2) is 17.3 Å². The van der Waals surface area contributed by atoms with Gasteiger partial charge in [-0.3, -0.25) is 9.47 Å². The summed E-state index contributed by atoms with van der Waals surface area (Å²) in [4.78, 5) is 4.69. The number of anilines is 6. The first kappa shape index (κ1) is 31.4. The molecule has 1 aliphatic rings. The molecule has 0 aliphatic carbocycles. The summed E-state index contributed by atoms with van der Waals surface area (Å²) in [5.41, 5.74) is 12.0. The van der Waals surface area contributed by atoms with Gasteiger partial charge >= 0.3 is 0 Å². The van der Waals surface area contributed by atoms with Gasteiger partial charge in [-0.1, -0.05) is 140 Å². The molecule has 9 aromatic rings. The maximum atomic E-state index is 7.07. The first-order valence-corrected chi connectivity index (χ1v) is 18.3. The van der Waals surface area contributed by atoms with Crippen LogP contribution >= 0.6 is 0 Å². The molecule has 0 spiro atoms. The van der Waals surface area contributed by atoms with Gasteiger partial charge in [0.25, 0.3) is 0 Å². The molecule has 0 atom stereocenters. The molecule has 0 N–H and O–H groups in total. The molecule has 2 heterocycles. The van der Waals surface area contributed by atoms with Gasteiger partial charge in [-0.2, -0.15) is 0 Å². The van der Waals surface area contributed by atoms with Crippen LogP contribution in [0.2, 0.25) is 0 Å². The van der Waals surface area contributed by atoms with E-state index in [4.69, 9.17) is 4.74 Å². The van der Waals surface area contributed by atoms with E-state index >= 15 is 0 Å². The van der Waals surface area contributed by atoms with Crippen LogP contribution in [0.1, 0.15) is 0 Å². The lowest BCUT2D eigenvalue weighted by Gasteiger charge is -2.33. The molecule has 0 amide bonds. The van der Waals surface area contributed by atoms with Gasteiger partial charge in [0.1, 0.15) is 0 Å². The van der Waals surface area contributed by atoms with Crippen molar-refractivity contribution in [3.05, 3.63) is 212 Å². The number of rotatable bonds is 7. The van der Waals surface area contributed by atoms with Gasteiger partial charge in [-0.15, -0.1) is 0 Å². The Morgan fingerprint density at radius 1 is 0.389 bits per heavy atom. The van der Waals surface area contributed by atoms with Gasteiger partial charge in [0.2, 0.25) is 0 Å². The minimum Gasteiger partial charge on any atom is -0.450 e. The molecule has 0 bridgehead atoms. The van der Waals surface area contributed by atoms with Gasteiger partial charge in [-0.25, -0.2) is 0 Å². The monoisotopic (exact) mass is 693 g/mol. The molecule has 0 radical (unpaired) electrons. The number of fused-ring (bicyclic) bond motifs is 4. The summed E-state index contributed by atoms with van der Waals surface area (Å²) in [6.07, 6.45) is 0. The lowest BCUT2D eigenvalue weighted by Crippen LogP contribution is -2.18. The summed E-state index contributed by atoms with van der Waals surface area (Å²) in [5, 5.41) is 1.02. The zero-order chi connectivity index (χ0) is 35.8. The van der Waals surface area contributed by atoms with Gasteiger partial charge < -0.3 is 9.64 Å². The van der Waals surface area contributed by atoms with E-state index in [1.165, 1.54) is 22.3 Å². The average molecular weight is 694 g/mol. The van der Waals surface area contributed by atoms with E-state index in [9.17, 15) is 0 Å². The molecule has 0 fully saturated rings. The van der Waals surface area contributed by atoms with E-state index in [0.29, 0.717) is 0 Å². The van der Waals surface area contributed by atoms with Crippen molar-refractivity contribution in [2.75, 3.05) is 9.80 Å². The fraction of sp³-hybridized carbons (Fsp3) is 0. The molecular weight excluding hydrogens is 659 g/mol. The molecular formula is C50H35N3O. The molecule has 10 rings (SSSR count). The average Bonchev–Trinajstić information content (AvgIpc) is 3.59. The maximum absolute atomic E-state index is 7.07. The van der Waals surface area contributed by atoms with Crippen molar-refractivity contribution in [1.29, 1.82) is 0 Å². The third-order valence-electron chi connectivity index (χ3n) is 10.2. The number of para-hydroxylation sites is 4. The van der Waals surface area contributed by atoms with Gasteiger partial charge in [0, 0.05) is 22.7 Å².